The van der Waals surface area contributed by atoms with Gasteiger partial charge in [-0.3, -0.25) is 0 Å². The largest absolute Gasteiger partial charge is 0.396 e. The second-order valence-electron chi connectivity index (χ2n) is 1.86. The van der Waals surface area contributed by atoms with Crippen molar-refractivity contribution in [3.8, 4) is 0 Å². The Bertz CT molecular complexity index is 151. The fourth-order valence-electron chi connectivity index (χ4n) is 0.425. The van der Waals surface area contributed by atoms with Gasteiger partial charge in [0.15, 0.2) is 0 Å². The maximum Gasteiger partial charge on any atom is 0.231 e. The van der Waals surface area contributed by atoms with E-state index in [4.69, 9.17) is 42.2 Å². The molecule has 0 heterocycles. The Labute approximate surface area is 86.5 Å². The van der Waals surface area contributed by atoms with Crippen LogP contribution in [-0.2, 0) is 9.59 Å². The predicted octanol–water partition coefficient (Wildman–Crippen LogP) is 0.508. The molecular formula is C7H13ClN2O4. The Morgan fingerprint density at radius 1 is 1.21 bits per heavy atom. The van der Waals surface area contributed by atoms with Gasteiger partial charge in [-0.05, 0) is 19.3 Å². The van der Waals surface area contributed by atoms with Crippen molar-refractivity contribution < 1.29 is 19.8 Å². The van der Waals surface area contributed by atoms with Gasteiger partial charge < -0.3 is 10.2 Å². The van der Waals surface area contributed by atoms with Gasteiger partial charge in [0.05, 0.1) is 0 Å². The van der Waals surface area contributed by atoms with Crippen molar-refractivity contribution in [1.29, 1.82) is 10.8 Å². The summed E-state index contributed by atoms with van der Waals surface area (Å²) in [4.78, 5) is 16.7. The first-order valence-electron chi connectivity index (χ1n) is 3.61. The van der Waals surface area contributed by atoms with Gasteiger partial charge in [-0.2, -0.15) is 0 Å². The third-order valence-corrected chi connectivity index (χ3v) is 1.07. The summed E-state index contributed by atoms with van der Waals surface area (Å²) in [7, 11) is 0. The molecule has 0 saturated heterocycles. The molecule has 0 aliphatic rings. The molecule has 0 fully saturated rings. The van der Waals surface area contributed by atoms with Gasteiger partial charge in [0.1, 0.15) is 5.56 Å². The van der Waals surface area contributed by atoms with Crippen LogP contribution in [0.25, 0.3) is 0 Å². The molecule has 0 bridgehead atoms. The minimum absolute atomic E-state index is 0.184. The Hall–Kier alpha value is -1.03. The van der Waals surface area contributed by atoms with Crippen LogP contribution in [0.3, 0.4) is 0 Å². The van der Waals surface area contributed by atoms with E-state index in [9.17, 15) is 0 Å². The van der Waals surface area contributed by atoms with Crippen molar-refractivity contribution in [3.63, 3.8) is 0 Å². The van der Waals surface area contributed by atoms with E-state index in [-0.39, 0.29) is 6.61 Å². The molecule has 6 nitrogen and oxygen atoms in total. The molecular weight excluding hydrogens is 212 g/mol. The second kappa shape index (κ2) is 22.7. The van der Waals surface area contributed by atoms with Crippen molar-refractivity contribution >= 4 is 23.8 Å². The zero-order chi connectivity index (χ0) is 11.8. The van der Waals surface area contributed by atoms with Crippen molar-refractivity contribution in [2.75, 3.05) is 6.61 Å². The van der Waals surface area contributed by atoms with Gasteiger partial charge in [-0.15, -0.1) is 0 Å². The Morgan fingerprint density at radius 3 is 1.79 bits per heavy atom. The SMILES string of the molecule is N=C=O.N=C=O.OCCCCC(O)Cl. The lowest BCUT2D eigenvalue weighted by atomic mass is 10.2. The number of halogens is 1. The zero-order valence-electron chi connectivity index (χ0n) is 7.49. The van der Waals surface area contributed by atoms with E-state index in [2.05, 4.69) is 0 Å². The molecule has 82 valence electrons. The van der Waals surface area contributed by atoms with Crippen LogP contribution in [0.4, 0.5) is 0 Å². The lowest BCUT2D eigenvalue weighted by Crippen LogP contribution is -1.95. The van der Waals surface area contributed by atoms with E-state index in [1.807, 2.05) is 0 Å². The van der Waals surface area contributed by atoms with Crippen molar-refractivity contribution in [2.24, 2.45) is 0 Å². The van der Waals surface area contributed by atoms with Crippen molar-refractivity contribution in [3.05, 3.63) is 0 Å². The first-order valence-corrected chi connectivity index (χ1v) is 4.05. The fraction of sp³-hybridized carbons (Fsp3) is 0.714. The summed E-state index contributed by atoms with van der Waals surface area (Å²) in [5.74, 6) is 0. The number of aliphatic hydroxyl groups is 2. The highest BCUT2D eigenvalue weighted by molar-refractivity contribution is 6.19. The van der Waals surface area contributed by atoms with Crippen LogP contribution in [0.15, 0.2) is 0 Å². The van der Waals surface area contributed by atoms with E-state index in [1.165, 1.54) is 0 Å². The van der Waals surface area contributed by atoms with Crippen LogP contribution in [0.5, 0.6) is 0 Å². The summed E-state index contributed by atoms with van der Waals surface area (Å²) in [5, 5.41) is 27.5. The average molecular weight is 225 g/mol. The Balaban J connectivity index is -0.000000168. The van der Waals surface area contributed by atoms with E-state index in [1.54, 1.807) is 0 Å². The molecule has 4 N–H and O–H groups in total. The molecule has 0 spiro atoms. The van der Waals surface area contributed by atoms with Gasteiger partial charge in [-0.25, -0.2) is 20.4 Å². The summed E-state index contributed by atoms with van der Waals surface area (Å²) in [6, 6.07) is 0. The summed E-state index contributed by atoms with van der Waals surface area (Å²) in [6.45, 7) is 0.184. The van der Waals surface area contributed by atoms with E-state index in [0.717, 1.165) is 25.0 Å². The number of nitrogens with one attached hydrogen (secondary N) is 2. The third-order valence-electron chi connectivity index (χ3n) is 0.850. The molecule has 0 aliphatic heterocycles. The molecule has 0 aromatic rings. The number of alkyl halides is 1. The summed E-state index contributed by atoms with van der Waals surface area (Å²) < 4.78 is 0. The van der Waals surface area contributed by atoms with E-state index >= 15 is 0 Å². The molecule has 0 saturated carbocycles. The van der Waals surface area contributed by atoms with E-state index < -0.39 is 5.56 Å². The van der Waals surface area contributed by atoms with Gasteiger partial charge >= 0.3 is 0 Å². The number of hydrogen-bond acceptors (Lipinski definition) is 6. The first kappa shape index (κ1) is 18.7. The summed E-state index contributed by atoms with van der Waals surface area (Å²) in [6.07, 6.45) is 3.59. The lowest BCUT2D eigenvalue weighted by molar-refractivity contribution is 0.228. The fourth-order valence-corrected chi connectivity index (χ4v) is 0.579. The minimum Gasteiger partial charge on any atom is -0.396 e. The molecule has 0 radical (unpaired) electrons. The monoisotopic (exact) mass is 224 g/mol. The van der Waals surface area contributed by atoms with Crippen LogP contribution in [0.2, 0.25) is 0 Å². The second-order valence-corrected chi connectivity index (χ2v) is 2.36. The molecule has 0 aromatic carbocycles. The zero-order valence-corrected chi connectivity index (χ0v) is 8.25. The van der Waals surface area contributed by atoms with Crippen LogP contribution in [0, 0.1) is 10.8 Å². The first-order chi connectivity index (χ1) is 6.60. The van der Waals surface area contributed by atoms with Crippen LogP contribution < -0.4 is 0 Å². The summed E-state index contributed by atoms with van der Waals surface area (Å²) >= 11 is 5.19. The molecule has 1 atom stereocenters. The van der Waals surface area contributed by atoms with Crippen molar-refractivity contribution in [1.82, 2.24) is 0 Å². The van der Waals surface area contributed by atoms with Crippen molar-refractivity contribution in [2.45, 2.75) is 24.8 Å². The number of unbranched alkanes of at least 4 members (excludes halogenated alkanes) is 1. The van der Waals surface area contributed by atoms with Gasteiger partial charge in [0, 0.05) is 6.61 Å². The molecule has 0 rings (SSSR count). The maximum atomic E-state index is 8.46. The number of hydrogen-bond donors (Lipinski definition) is 4. The molecule has 0 aliphatic carbocycles. The molecule has 1 unspecified atom stereocenters. The quantitative estimate of drug-likeness (QED) is 0.240. The molecule has 0 amide bonds. The Morgan fingerprint density at radius 2 is 1.57 bits per heavy atom. The Kier molecular flexibility index (Phi) is 30.3. The van der Waals surface area contributed by atoms with Crippen LogP contribution >= 0.6 is 11.6 Å². The number of carbonyl (C=O) groups excluding carboxylic acids is 2. The van der Waals surface area contributed by atoms with Gasteiger partial charge in [0.2, 0.25) is 12.2 Å². The van der Waals surface area contributed by atoms with E-state index in [0.29, 0.717) is 6.42 Å². The highest BCUT2D eigenvalue weighted by Crippen LogP contribution is 2.02. The smallest absolute Gasteiger partial charge is 0.231 e. The number of aliphatic hydroxyl groups excluding tert-OH is 2. The number of rotatable bonds is 4. The van der Waals surface area contributed by atoms with Crippen LogP contribution in [0.1, 0.15) is 19.3 Å². The minimum atomic E-state index is -0.735. The normalized spacial score (nSPS) is 9.07. The average Bonchev–Trinajstić information content (AvgIpc) is 2.07. The standard InChI is InChI=1S/C5H11ClO2.2CHNO/c6-5(8)3-1-2-4-7;2*2-1-3/h5,7-8H,1-4H2;2*2H. The topological polar surface area (TPSA) is 122 Å². The third kappa shape index (κ3) is 69.2. The highest BCUT2D eigenvalue weighted by Gasteiger charge is 1.94. The number of isocyanates is 2. The molecule has 7 heteroatoms. The van der Waals surface area contributed by atoms with Gasteiger partial charge in [-0.1, -0.05) is 11.6 Å². The lowest BCUT2D eigenvalue weighted by Gasteiger charge is -1.97. The predicted molar refractivity (Wildman–Crippen MR) is 49.6 cm³/mol. The maximum absolute atomic E-state index is 8.46. The van der Waals surface area contributed by atoms with Gasteiger partial charge in [0.25, 0.3) is 0 Å². The molecule has 0 aromatic heterocycles. The molecule has 14 heavy (non-hydrogen) atoms. The summed E-state index contributed by atoms with van der Waals surface area (Å²) in [5.41, 5.74) is -0.735. The highest BCUT2D eigenvalue weighted by atomic mass is 35.5. The van der Waals surface area contributed by atoms with Crippen LogP contribution in [-0.4, -0.2) is 34.5 Å².